The van der Waals surface area contributed by atoms with Crippen LogP contribution in [0.25, 0.3) is 0 Å². The smallest absolute Gasteiger partial charge is 0.338 e. The number of carbonyl (C=O) groups excluding carboxylic acids is 1. The zero-order chi connectivity index (χ0) is 12.2. The van der Waals surface area contributed by atoms with E-state index in [0.29, 0.717) is 5.56 Å². The highest BCUT2D eigenvalue weighted by atomic mass is 28.3. The topological polar surface area (TPSA) is 26.3 Å². The highest BCUT2D eigenvalue weighted by Gasteiger charge is 2.24. The molecule has 88 valence electrons. The Morgan fingerprint density at radius 2 is 1.81 bits per heavy atom. The Labute approximate surface area is 99.2 Å². The maximum absolute atomic E-state index is 11.8. The summed E-state index contributed by atoms with van der Waals surface area (Å²) in [5, 5.41) is 0. The van der Waals surface area contributed by atoms with Crippen molar-refractivity contribution < 1.29 is 9.53 Å². The van der Waals surface area contributed by atoms with Crippen LogP contribution in [-0.4, -0.2) is 20.4 Å². The molecule has 0 radical (unpaired) electrons. The zero-order valence-corrected chi connectivity index (χ0v) is 11.6. The van der Waals surface area contributed by atoms with E-state index in [0.717, 1.165) is 6.04 Å². The van der Waals surface area contributed by atoms with Crippen LogP contribution in [0.4, 0.5) is 0 Å². The average Bonchev–Trinajstić information content (AvgIpc) is 2.16. The van der Waals surface area contributed by atoms with Gasteiger partial charge in [-0.15, -0.1) is 0 Å². The van der Waals surface area contributed by atoms with Gasteiger partial charge in [0.2, 0.25) is 0 Å². The van der Waals surface area contributed by atoms with Gasteiger partial charge in [0.25, 0.3) is 0 Å². The standard InChI is InChI=1S/C13H20O2Si/c1-13(2,10-16(3)4)15-12(14)11-8-6-5-7-9-11/h5-9,16H,10H2,1-4H3. The minimum atomic E-state index is -0.726. The summed E-state index contributed by atoms with van der Waals surface area (Å²) in [6.07, 6.45) is 0. The second-order valence-corrected chi connectivity index (χ2v) is 8.31. The van der Waals surface area contributed by atoms with E-state index in [4.69, 9.17) is 4.74 Å². The van der Waals surface area contributed by atoms with E-state index >= 15 is 0 Å². The largest absolute Gasteiger partial charge is 0.456 e. The Morgan fingerprint density at radius 1 is 1.25 bits per heavy atom. The van der Waals surface area contributed by atoms with E-state index in [1.807, 2.05) is 32.0 Å². The van der Waals surface area contributed by atoms with Gasteiger partial charge in [0.05, 0.1) is 5.56 Å². The Kier molecular flexibility index (Phi) is 4.30. The lowest BCUT2D eigenvalue weighted by Gasteiger charge is -2.26. The fourth-order valence-electron chi connectivity index (χ4n) is 1.91. The molecule has 2 nitrogen and oxygen atoms in total. The monoisotopic (exact) mass is 236 g/mol. The number of carbonyl (C=O) groups is 1. The van der Waals surface area contributed by atoms with Crippen LogP contribution in [0.5, 0.6) is 0 Å². The summed E-state index contributed by atoms with van der Waals surface area (Å²) in [5.41, 5.74) is 0.286. The first-order valence-electron chi connectivity index (χ1n) is 5.69. The van der Waals surface area contributed by atoms with Crippen LogP contribution in [0.2, 0.25) is 19.1 Å². The Bertz CT molecular complexity index is 344. The molecule has 0 fully saturated rings. The number of ether oxygens (including phenoxy) is 1. The van der Waals surface area contributed by atoms with Crippen molar-refractivity contribution in [1.82, 2.24) is 0 Å². The van der Waals surface area contributed by atoms with E-state index in [-0.39, 0.29) is 11.6 Å². The minimum Gasteiger partial charge on any atom is -0.456 e. The van der Waals surface area contributed by atoms with Crippen LogP contribution in [0.1, 0.15) is 24.2 Å². The second-order valence-electron chi connectivity index (χ2n) is 5.11. The van der Waals surface area contributed by atoms with Gasteiger partial charge in [-0.2, -0.15) is 0 Å². The molecule has 0 unspecified atom stereocenters. The van der Waals surface area contributed by atoms with Gasteiger partial charge >= 0.3 is 5.97 Å². The van der Waals surface area contributed by atoms with Crippen LogP contribution >= 0.6 is 0 Å². The maximum atomic E-state index is 11.8. The maximum Gasteiger partial charge on any atom is 0.338 e. The zero-order valence-electron chi connectivity index (χ0n) is 10.5. The van der Waals surface area contributed by atoms with Gasteiger partial charge < -0.3 is 4.74 Å². The molecule has 0 heterocycles. The molecule has 0 spiro atoms. The third-order valence-electron chi connectivity index (χ3n) is 2.28. The molecular weight excluding hydrogens is 216 g/mol. The third-order valence-corrected chi connectivity index (χ3v) is 4.08. The molecule has 0 saturated heterocycles. The first-order chi connectivity index (χ1) is 7.41. The molecule has 1 aromatic rings. The Morgan fingerprint density at radius 3 is 2.31 bits per heavy atom. The molecule has 16 heavy (non-hydrogen) atoms. The molecule has 0 bridgehead atoms. The average molecular weight is 236 g/mol. The molecular formula is C13H20O2Si. The van der Waals surface area contributed by atoms with Crippen molar-refractivity contribution in [2.75, 3.05) is 0 Å². The highest BCUT2D eigenvalue weighted by Crippen LogP contribution is 2.19. The summed E-state index contributed by atoms with van der Waals surface area (Å²) in [6, 6.07) is 10.2. The van der Waals surface area contributed by atoms with E-state index in [1.165, 1.54) is 0 Å². The molecule has 0 N–H and O–H groups in total. The SMILES string of the molecule is C[SiH](C)CC(C)(C)OC(=O)c1ccccc1. The summed E-state index contributed by atoms with van der Waals surface area (Å²) >= 11 is 0. The van der Waals surface area contributed by atoms with E-state index < -0.39 is 8.80 Å². The van der Waals surface area contributed by atoms with E-state index in [9.17, 15) is 4.79 Å². The van der Waals surface area contributed by atoms with Crippen LogP contribution in [0.15, 0.2) is 30.3 Å². The predicted octanol–water partition coefficient (Wildman–Crippen LogP) is 3.11. The number of rotatable bonds is 4. The van der Waals surface area contributed by atoms with Gasteiger partial charge in [-0.3, -0.25) is 0 Å². The number of hydrogen-bond acceptors (Lipinski definition) is 2. The van der Waals surface area contributed by atoms with Crippen LogP contribution in [0, 0.1) is 0 Å². The van der Waals surface area contributed by atoms with Gasteiger partial charge in [-0.05, 0) is 32.0 Å². The van der Waals surface area contributed by atoms with Gasteiger partial charge in [0.15, 0.2) is 0 Å². The fraction of sp³-hybridized carbons (Fsp3) is 0.462. The molecule has 3 heteroatoms. The van der Waals surface area contributed by atoms with E-state index in [1.54, 1.807) is 12.1 Å². The van der Waals surface area contributed by atoms with Crippen molar-refractivity contribution >= 4 is 14.8 Å². The first-order valence-corrected chi connectivity index (χ1v) is 8.82. The van der Waals surface area contributed by atoms with E-state index in [2.05, 4.69) is 13.1 Å². The molecule has 0 aliphatic heterocycles. The lowest BCUT2D eigenvalue weighted by molar-refractivity contribution is 0.00677. The normalized spacial score (nSPS) is 11.6. The van der Waals surface area contributed by atoms with Crippen molar-refractivity contribution in [3.05, 3.63) is 35.9 Å². The summed E-state index contributed by atoms with van der Waals surface area (Å²) in [4.78, 5) is 11.8. The lowest BCUT2D eigenvalue weighted by atomic mass is 10.1. The first kappa shape index (κ1) is 13.0. The summed E-state index contributed by atoms with van der Waals surface area (Å²) in [6.45, 7) is 8.50. The predicted molar refractivity (Wildman–Crippen MR) is 69.6 cm³/mol. The third kappa shape index (κ3) is 4.19. The minimum absolute atomic E-state index is 0.222. The molecule has 0 atom stereocenters. The van der Waals surface area contributed by atoms with Crippen LogP contribution < -0.4 is 0 Å². The Hall–Kier alpha value is -1.09. The lowest BCUT2D eigenvalue weighted by Crippen LogP contribution is -2.31. The van der Waals surface area contributed by atoms with Gasteiger partial charge in [-0.1, -0.05) is 31.3 Å². The quantitative estimate of drug-likeness (QED) is 0.593. The summed E-state index contributed by atoms with van der Waals surface area (Å²) < 4.78 is 5.53. The molecule has 0 aliphatic rings. The Balaban J connectivity index is 2.64. The number of benzene rings is 1. The summed E-state index contributed by atoms with van der Waals surface area (Å²) in [7, 11) is -0.726. The van der Waals surface area contributed by atoms with Gasteiger partial charge in [-0.25, -0.2) is 4.79 Å². The van der Waals surface area contributed by atoms with Gasteiger partial charge in [0, 0.05) is 8.80 Å². The second kappa shape index (κ2) is 5.30. The van der Waals surface area contributed by atoms with Crippen LogP contribution in [-0.2, 0) is 4.74 Å². The molecule has 0 aromatic heterocycles. The van der Waals surface area contributed by atoms with Crippen molar-refractivity contribution in [2.45, 2.75) is 38.6 Å². The molecule has 0 aliphatic carbocycles. The van der Waals surface area contributed by atoms with Crippen LogP contribution in [0.3, 0.4) is 0 Å². The molecule has 0 saturated carbocycles. The molecule has 1 rings (SSSR count). The van der Waals surface area contributed by atoms with Crippen molar-refractivity contribution in [3.8, 4) is 0 Å². The number of esters is 1. The van der Waals surface area contributed by atoms with Gasteiger partial charge in [0.1, 0.15) is 5.60 Å². The van der Waals surface area contributed by atoms with Crippen molar-refractivity contribution in [2.24, 2.45) is 0 Å². The fourth-order valence-corrected chi connectivity index (χ4v) is 3.96. The highest BCUT2D eigenvalue weighted by molar-refractivity contribution is 6.56. The summed E-state index contributed by atoms with van der Waals surface area (Å²) in [5.74, 6) is -0.222. The van der Waals surface area contributed by atoms with Crippen molar-refractivity contribution in [3.63, 3.8) is 0 Å². The van der Waals surface area contributed by atoms with Crippen molar-refractivity contribution in [1.29, 1.82) is 0 Å². The number of hydrogen-bond donors (Lipinski definition) is 0. The molecule has 1 aromatic carbocycles. The molecule has 0 amide bonds.